The Hall–Kier alpha value is -2.30. The molecule has 5 nitrogen and oxygen atoms in total. The maximum atomic E-state index is 11.0. The molecule has 0 aliphatic carbocycles. The summed E-state index contributed by atoms with van der Waals surface area (Å²) < 4.78 is 10.3. The zero-order valence-electron chi connectivity index (χ0n) is 9.56. The third-order valence-electron chi connectivity index (χ3n) is 2.47. The van der Waals surface area contributed by atoms with Gasteiger partial charge in [0, 0.05) is 17.6 Å². The number of pyridine rings is 1. The number of carbonyl (C=O) groups is 1. The predicted molar refractivity (Wildman–Crippen MR) is 63.4 cm³/mol. The van der Waals surface area contributed by atoms with Crippen molar-refractivity contribution >= 4 is 16.8 Å². The fourth-order valence-corrected chi connectivity index (χ4v) is 1.59. The Morgan fingerprint density at radius 3 is 2.41 bits per heavy atom. The largest absolute Gasteiger partial charge is 0.493 e. The van der Waals surface area contributed by atoms with E-state index in [1.54, 1.807) is 32.4 Å². The van der Waals surface area contributed by atoms with Gasteiger partial charge in [0.15, 0.2) is 11.5 Å². The van der Waals surface area contributed by atoms with Crippen LogP contribution in [0.5, 0.6) is 11.5 Å². The number of fused-ring (bicyclic) bond motifs is 1. The van der Waals surface area contributed by atoms with Gasteiger partial charge in [-0.25, -0.2) is 0 Å². The van der Waals surface area contributed by atoms with Crippen LogP contribution in [-0.2, 0) is 0 Å². The number of nitrogens with zero attached hydrogens (tertiary/aromatic N) is 1. The van der Waals surface area contributed by atoms with Crippen LogP contribution in [0.3, 0.4) is 0 Å². The summed E-state index contributed by atoms with van der Waals surface area (Å²) >= 11 is 0. The summed E-state index contributed by atoms with van der Waals surface area (Å²) in [4.78, 5) is 15.2. The van der Waals surface area contributed by atoms with E-state index in [1.165, 1.54) is 6.20 Å². The number of amides is 1. The van der Waals surface area contributed by atoms with Crippen LogP contribution in [0.1, 0.15) is 10.4 Å². The number of hydrogen-bond donors (Lipinski definition) is 1. The van der Waals surface area contributed by atoms with E-state index in [1.807, 2.05) is 0 Å². The first-order chi connectivity index (χ1) is 8.15. The summed E-state index contributed by atoms with van der Waals surface area (Å²) in [6.45, 7) is 0. The van der Waals surface area contributed by atoms with Crippen molar-refractivity contribution in [1.29, 1.82) is 0 Å². The highest BCUT2D eigenvalue weighted by molar-refractivity contribution is 5.96. The van der Waals surface area contributed by atoms with E-state index in [4.69, 9.17) is 15.2 Å². The molecular weight excluding hydrogens is 220 g/mol. The van der Waals surface area contributed by atoms with Crippen molar-refractivity contribution in [2.45, 2.75) is 0 Å². The molecule has 1 aromatic heterocycles. The van der Waals surface area contributed by atoms with Gasteiger partial charge in [0.2, 0.25) is 5.91 Å². The van der Waals surface area contributed by atoms with Crippen LogP contribution in [0.4, 0.5) is 0 Å². The molecule has 0 spiro atoms. The highest BCUT2D eigenvalue weighted by Crippen LogP contribution is 2.31. The van der Waals surface area contributed by atoms with E-state index in [2.05, 4.69) is 4.98 Å². The van der Waals surface area contributed by atoms with Gasteiger partial charge in [0.25, 0.3) is 0 Å². The molecule has 0 saturated heterocycles. The zero-order valence-corrected chi connectivity index (χ0v) is 9.56. The van der Waals surface area contributed by atoms with Gasteiger partial charge < -0.3 is 15.2 Å². The lowest BCUT2D eigenvalue weighted by atomic mass is 10.1. The predicted octanol–water partition coefficient (Wildman–Crippen LogP) is 1.35. The molecular formula is C12H12N2O3. The van der Waals surface area contributed by atoms with E-state index >= 15 is 0 Å². The van der Waals surface area contributed by atoms with Crippen LogP contribution in [0, 0.1) is 0 Å². The molecule has 0 bridgehead atoms. The van der Waals surface area contributed by atoms with Gasteiger partial charge in [-0.2, -0.15) is 0 Å². The number of rotatable bonds is 3. The third kappa shape index (κ3) is 1.99. The molecule has 2 N–H and O–H groups in total. The fraction of sp³-hybridized carbons (Fsp3) is 0.167. The Balaban J connectivity index is 2.66. The van der Waals surface area contributed by atoms with Crippen LogP contribution < -0.4 is 15.2 Å². The van der Waals surface area contributed by atoms with E-state index in [9.17, 15) is 4.79 Å². The standard InChI is InChI=1S/C12H12N2O3/c1-16-10-4-7-3-8(12(13)15)6-14-9(7)5-11(10)17-2/h3-6H,1-2H3,(H2,13,15). The smallest absolute Gasteiger partial charge is 0.250 e. The Kier molecular flexibility index (Phi) is 2.82. The van der Waals surface area contributed by atoms with E-state index < -0.39 is 5.91 Å². The van der Waals surface area contributed by atoms with Crippen LogP contribution in [0.25, 0.3) is 10.9 Å². The van der Waals surface area contributed by atoms with Crippen molar-refractivity contribution in [2.24, 2.45) is 5.73 Å². The van der Waals surface area contributed by atoms with E-state index in [0.717, 1.165) is 5.39 Å². The Labute approximate surface area is 98.2 Å². The topological polar surface area (TPSA) is 74.4 Å². The van der Waals surface area contributed by atoms with Crippen molar-refractivity contribution in [1.82, 2.24) is 4.98 Å². The average Bonchev–Trinajstić information content (AvgIpc) is 2.36. The third-order valence-corrected chi connectivity index (χ3v) is 2.47. The molecule has 0 atom stereocenters. The molecule has 0 aliphatic heterocycles. The van der Waals surface area contributed by atoms with Crippen molar-refractivity contribution in [3.8, 4) is 11.5 Å². The summed E-state index contributed by atoms with van der Waals surface area (Å²) in [7, 11) is 3.11. The maximum Gasteiger partial charge on any atom is 0.250 e. The Morgan fingerprint density at radius 1 is 1.18 bits per heavy atom. The summed E-state index contributed by atoms with van der Waals surface area (Å²) in [5.74, 6) is 0.678. The van der Waals surface area contributed by atoms with Gasteiger partial charge >= 0.3 is 0 Å². The quantitative estimate of drug-likeness (QED) is 0.866. The number of ether oxygens (including phenoxy) is 2. The first kappa shape index (κ1) is 11.2. The molecule has 17 heavy (non-hydrogen) atoms. The minimum Gasteiger partial charge on any atom is -0.493 e. The first-order valence-electron chi connectivity index (χ1n) is 4.97. The summed E-state index contributed by atoms with van der Waals surface area (Å²) in [5.41, 5.74) is 6.28. The molecule has 0 aliphatic rings. The van der Waals surface area contributed by atoms with Crippen LogP contribution in [0.15, 0.2) is 24.4 Å². The zero-order chi connectivity index (χ0) is 12.4. The molecule has 0 unspecified atom stereocenters. The summed E-state index contributed by atoms with van der Waals surface area (Å²) in [6.07, 6.45) is 1.44. The highest BCUT2D eigenvalue weighted by atomic mass is 16.5. The number of nitrogens with two attached hydrogens (primary N) is 1. The molecule has 0 saturated carbocycles. The lowest BCUT2D eigenvalue weighted by Gasteiger charge is -2.08. The monoisotopic (exact) mass is 232 g/mol. The second kappa shape index (κ2) is 4.29. The second-order valence-electron chi connectivity index (χ2n) is 3.49. The second-order valence-corrected chi connectivity index (χ2v) is 3.49. The van der Waals surface area contributed by atoms with Gasteiger partial charge in [-0.15, -0.1) is 0 Å². The first-order valence-corrected chi connectivity index (χ1v) is 4.97. The number of aromatic nitrogens is 1. The number of primary amides is 1. The SMILES string of the molecule is COc1cc2cc(C(N)=O)cnc2cc1OC. The molecule has 1 heterocycles. The van der Waals surface area contributed by atoms with Gasteiger partial charge in [-0.1, -0.05) is 0 Å². The minimum atomic E-state index is -0.505. The van der Waals surface area contributed by atoms with Crippen molar-refractivity contribution in [3.63, 3.8) is 0 Å². The number of hydrogen-bond acceptors (Lipinski definition) is 4. The number of methoxy groups -OCH3 is 2. The average molecular weight is 232 g/mol. The van der Waals surface area contributed by atoms with Crippen molar-refractivity contribution < 1.29 is 14.3 Å². The van der Waals surface area contributed by atoms with Crippen LogP contribution in [-0.4, -0.2) is 25.1 Å². The molecule has 0 fully saturated rings. The normalized spacial score (nSPS) is 10.2. The van der Waals surface area contributed by atoms with Gasteiger partial charge in [0.05, 0.1) is 25.3 Å². The summed E-state index contributed by atoms with van der Waals surface area (Å²) in [5, 5.41) is 0.777. The van der Waals surface area contributed by atoms with Gasteiger partial charge in [0.1, 0.15) is 0 Å². The van der Waals surface area contributed by atoms with Gasteiger partial charge in [-0.3, -0.25) is 9.78 Å². The van der Waals surface area contributed by atoms with Crippen molar-refractivity contribution in [2.75, 3.05) is 14.2 Å². The van der Waals surface area contributed by atoms with Crippen LogP contribution >= 0.6 is 0 Å². The Bertz CT molecular complexity index is 581. The molecule has 5 heteroatoms. The lowest BCUT2D eigenvalue weighted by molar-refractivity contribution is 0.1000. The van der Waals surface area contributed by atoms with Crippen molar-refractivity contribution in [3.05, 3.63) is 30.0 Å². The molecule has 2 rings (SSSR count). The number of carbonyl (C=O) groups excluding carboxylic acids is 1. The Morgan fingerprint density at radius 2 is 1.82 bits per heavy atom. The number of benzene rings is 1. The van der Waals surface area contributed by atoms with E-state index in [-0.39, 0.29) is 0 Å². The summed E-state index contributed by atoms with van der Waals surface area (Å²) in [6, 6.07) is 5.18. The van der Waals surface area contributed by atoms with Gasteiger partial charge in [-0.05, 0) is 12.1 Å². The fourth-order valence-electron chi connectivity index (χ4n) is 1.59. The molecule has 1 aromatic carbocycles. The maximum absolute atomic E-state index is 11.0. The molecule has 88 valence electrons. The van der Waals surface area contributed by atoms with E-state index in [0.29, 0.717) is 22.6 Å². The molecule has 2 aromatic rings. The highest BCUT2D eigenvalue weighted by Gasteiger charge is 2.08. The minimum absolute atomic E-state index is 0.365. The molecule has 1 amide bonds. The molecule has 0 radical (unpaired) electrons. The van der Waals surface area contributed by atoms with Crippen LogP contribution in [0.2, 0.25) is 0 Å². The lowest BCUT2D eigenvalue weighted by Crippen LogP contribution is -2.11.